The molecule has 0 saturated heterocycles. The molecule has 0 saturated carbocycles. The number of esters is 1. The summed E-state index contributed by atoms with van der Waals surface area (Å²) < 4.78 is 5.94. The molecule has 0 aliphatic rings. The van der Waals surface area contributed by atoms with E-state index in [1.165, 1.54) is 167 Å². The van der Waals surface area contributed by atoms with Crippen LogP contribution in [0.5, 0.6) is 0 Å². The third kappa shape index (κ3) is 44.7. The molecule has 0 spiro atoms. The predicted octanol–water partition coefficient (Wildman–Crippen LogP) is 16.5. The summed E-state index contributed by atoms with van der Waals surface area (Å²) in [5, 5.41) is 23.8. The van der Waals surface area contributed by atoms with Crippen molar-refractivity contribution in [2.45, 2.75) is 302 Å². The Morgan fingerprint density at radius 3 is 1.23 bits per heavy atom. The third-order valence-electron chi connectivity index (χ3n) is 12.5. The average Bonchev–Trinajstić information content (AvgIpc) is 3.26. The monoisotopic (exact) mass is 872 g/mol. The van der Waals surface area contributed by atoms with E-state index in [-0.39, 0.29) is 24.9 Å². The zero-order chi connectivity index (χ0) is 45.2. The molecule has 0 aliphatic heterocycles. The molecule has 0 heterocycles. The minimum atomic E-state index is -0.788. The van der Waals surface area contributed by atoms with Crippen molar-refractivity contribution in [2.24, 2.45) is 0 Å². The number of rotatable bonds is 49. The van der Waals surface area contributed by atoms with Crippen molar-refractivity contribution in [1.29, 1.82) is 0 Å². The Balaban J connectivity index is 4.58. The predicted molar refractivity (Wildman–Crippen MR) is 269 cm³/mol. The van der Waals surface area contributed by atoms with Crippen LogP contribution in [0.15, 0.2) is 36.5 Å². The van der Waals surface area contributed by atoms with Gasteiger partial charge in [0, 0.05) is 6.42 Å². The molecule has 1 amide bonds. The van der Waals surface area contributed by atoms with Gasteiger partial charge >= 0.3 is 5.97 Å². The fourth-order valence-electron chi connectivity index (χ4n) is 8.37. The first-order valence-corrected chi connectivity index (χ1v) is 27.2. The summed E-state index contributed by atoms with van der Waals surface area (Å²) in [6.45, 7) is 6.48. The maximum Gasteiger partial charge on any atom is 0.306 e. The number of carbonyl (C=O) groups is 2. The van der Waals surface area contributed by atoms with Crippen LogP contribution in [-0.4, -0.2) is 46.9 Å². The highest BCUT2D eigenvalue weighted by molar-refractivity contribution is 5.77. The minimum Gasteiger partial charge on any atom is -0.462 e. The number of ether oxygens (including phenoxy) is 1. The number of amides is 1. The maximum absolute atomic E-state index is 13.2. The Hall–Kier alpha value is -1.92. The molecule has 0 rings (SSSR count). The van der Waals surface area contributed by atoms with Crippen LogP contribution in [0.2, 0.25) is 0 Å². The number of carbonyl (C=O) groups excluding carboxylic acids is 2. The van der Waals surface area contributed by atoms with Crippen molar-refractivity contribution in [3.63, 3.8) is 0 Å². The number of hydrogen-bond acceptors (Lipinski definition) is 5. The molecule has 0 radical (unpaired) electrons. The van der Waals surface area contributed by atoms with Gasteiger partial charge < -0.3 is 20.3 Å². The van der Waals surface area contributed by atoms with Gasteiger partial charge in [-0.05, 0) is 51.4 Å². The lowest BCUT2D eigenvalue weighted by atomic mass is 10.0. The summed E-state index contributed by atoms with van der Waals surface area (Å²) in [7, 11) is 0. The first-order chi connectivity index (χ1) is 30.5. The van der Waals surface area contributed by atoms with Gasteiger partial charge in [-0.1, -0.05) is 256 Å². The number of aliphatic hydroxyl groups is 2. The second-order valence-corrected chi connectivity index (χ2v) is 18.7. The molecule has 3 N–H and O–H groups in total. The Bertz CT molecular complexity index is 1020. The van der Waals surface area contributed by atoms with Gasteiger partial charge in [-0.2, -0.15) is 0 Å². The highest BCUT2D eigenvalue weighted by atomic mass is 16.5. The largest absolute Gasteiger partial charge is 0.462 e. The van der Waals surface area contributed by atoms with Crippen LogP contribution >= 0.6 is 0 Å². The summed E-state index contributed by atoms with van der Waals surface area (Å²) in [4.78, 5) is 26.2. The number of nitrogens with one attached hydrogen (secondary N) is 1. The smallest absolute Gasteiger partial charge is 0.306 e. The van der Waals surface area contributed by atoms with Gasteiger partial charge in [0.05, 0.1) is 25.2 Å². The van der Waals surface area contributed by atoms with Gasteiger partial charge in [-0.15, -0.1) is 0 Å². The van der Waals surface area contributed by atoms with E-state index < -0.39 is 18.2 Å². The topological polar surface area (TPSA) is 95.9 Å². The molecule has 3 atom stereocenters. The fraction of sp³-hybridized carbons (Fsp3) is 0.857. The van der Waals surface area contributed by atoms with Crippen LogP contribution in [0.25, 0.3) is 0 Å². The van der Waals surface area contributed by atoms with E-state index in [1.54, 1.807) is 0 Å². The van der Waals surface area contributed by atoms with E-state index in [9.17, 15) is 19.8 Å². The van der Waals surface area contributed by atoms with Crippen molar-refractivity contribution < 1.29 is 24.5 Å². The van der Waals surface area contributed by atoms with Gasteiger partial charge in [0.2, 0.25) is 5.91 Å². The summed E-state index contributed by atoms with van der Waals surface area (Å²) in [5.41, 5.74) is 0. The lowest BCUT2D eigenvalue weighted by molar-refractivity contribution is -0.151. The lowest BCUT2D eigenvalue weighted by Gasteiger charge is -2.24. The van der Waals surface area contributed by atoms with E-state index in [4.69, 9.17) is 4.74 Å². The summed E-state index contributed by atoms with van der Waals surface area (Å²) in [6.07, 6.45) is 59.1. The van der Waals surface area contributed by atoms with Crippen LogP contribution in [-0.2, 0) is 14.3 Å². The SMILES string of the molecule is CCCCCCC/C=C/C=C/C=C/CCCCCCCC(=O)OC(CCCCCCCCCCCCCCCC)CC(=O)NC(CO)C(O)CCCCCCCCCCCCC. The number of unbranched alkanes of at least 4 members (excludes halogenated alkanes) is 33. The Morgan fingerprint density at radius 2 is 0.823 bits per heavy atom. The summed E-state index contributed by atoms with van der Waals surface area (Å²) >= 11 is 0. The van der Waals surface area contributed by atoms with Crippen molar-refractivity contribution in [3.05, 3.63) is 36.5 Å². The maximum atomic E-state index is 13.2. The molecule has 0 aromatic carbocycles. The lowest BCUT2D eigenvalue weighted by Crippen LogP contribution is -2.46. The van der Waals surface area contributed by atoms with E-state index >= 15 is 0 Å². The van der Waals surface area contributed by atoms with Crippen molar-refractivity contribution in [1.82, 2.24) is 5.32 Å². The highest BCUT2D eigenvalue weighted by Crippen LogP contribution is 2.18. The Kier molecular flexibility index (Phi) is 48.5. The Morgan fingerprint density at radius 1 is 0.468 bits per heavy atom. The highest BCUT2D eigenvalue weighted by Gasteiger charge is 2.24. The Labute approximate surface area is 385 Å². The molecule has 0 aromatic heterocycles. The molecule has 0 aliphatic carbocycles. The molecule has 0 bridgehead atoms. The molecule has 3 unspecified atom stereocenters. The van der Waals surface area contributed by atoms with Crippen LogP contribution in [0, 0.1) is 0 Å². The molecule has 6 nitrogen and oxygen atoms in total. The normalized spacial score (nSPS) is 13.4. The van der Waals surface area contributed by atoms with Crippen LogP contribution in [0.4, 0.5) is 0 Å². The molecular formula is C56H105NO5. The number of hydrogen-bond donors (Lipinski definition) is 3. The molecule has 0 aromatic rings. The summed E-state index contributed by atoms with van der Waals surface area (Å²) in [6, 6.07) is -0.702. The quantitative estimate of drug-likeness (QED) is 0.0321. The average molecular weight is 872 g/mol. The first kappa shape index (κ1) is 60.1. The zero-order valence-corrected chi connectivity index (χ0v) is 41.5. The van der Waals surface area contributed by atoms with E-state index in [0.717, 1.165) is 70.6 Å². The van der Waals surface area contributed by atoms with Crippen molar-refractivity contribution >= 4 is 11.9 Å². The number of allylic oxidation sites excluding steroid dienone is 6. The second kappa shape index (κ2) is 50.1. The summed E-state index contributed by atoms with van der Waals surface area (Å²) in [5.74, 6) is -0.483. The zero-order valence-electron chi connectivity index (χ0n) is 41.5. The van der Waals surface area contributed by atoms with Crippen LogP contribution in [0.3, 0.4) is 0 Å². The standard InChI is InChI=1S/C56H105NO5/c1-4-7-10-13-16-19-22-24-26-27-28-29-31-34-37-40-43-46-49-56(61)62-52(47-44-41-38-35-33-30-25-23-20-17-14-11-8-5-2)50-55(60)57-53(51-58)54(59)48-45-42-39-36-32-21-18-15-12-9-6-3/h22,24,26-29,52-54,58-59H,4-21,23,25,30-51H2,1-3H3,(H,57,60)/b24-22+,27-26+,29-28+. The van der Waals surface area contributed by atoms with Gasteiger partial charge in [-0.25, -0.2) is 0 Å². The molecule has 364 valence electrons. The van der Waals surface area contributed by atoms with Gasteiger partial charge in [-0.3, -0.25) is 9.59 Å². The van der Waals surface area contributed by atoms with Crippen LogP contribution < -0.4 is 5.32 Å². The molecule has 0 fully saturated rings. The van der Waals surface area contributed by atoms with Crippen molar-refractivity contribution in [3.8, 4) is 0 Å². The third-order valence-corrected chi connectivity index (χ3v) is 12.5. The minimum absolute atomic E-state index is 0.0734. The van der Waals surface area contributed by atoms with Gasteiger partial charge in [0.25, 0.3) is 0 Å². The molecule has 62 heavy (non-hydrogen) atoms. The van der Waals surface area contributed by atoms with Crippen molar-refractivity contribution in [2.75, 3.05) is 6.61 Å². The first-order valence-electron chi connectivity index (χ1n) is 27.2. The second-order valence-electron chi connectivity index (χ2n) is 18.7. The van der Waals surface area contributed by atoms with Crippen LogP contribution in [0.1, 0.15) is 284 Å². The molecule has 6 heteroatoms. The molecular weight excluding hydrogens is 767 g/mol. The fourth-order valence-corrected chi connectivity index (χ4v) is 8.37. The van der Waals surface area contributed by atoms with E-state index in [0.29, 0.717) is 19.3 Å². The van der Waals surface area contributed by atoms with Gasteiger partial charge in [0.1, 0.15) is 6.10 Å². The van der Waals surface area contributed by atoms with E-state index in [2.05, 4.69) is 62.5 Å². The van der Waals surface area contributed by atoms with Gasteiger partial charge in [0.15, 0.2) is 0 Å². The number of aliphatic hydroxyl groups excluding tert-OH is 2. The van der Waals surface area contributed by atoms with E-state index in [1.807, 2.05) is 0 Å².